The summed E-state index contributed by atoms with van der Waals surface area (Å²) in [6.07, 6.45) is 7.35. The van der Waals surface area contributed by atoms with Gasteiger partial charge in [-0.3, -0.25) is 9.89 Å². The number of primary amides is 1. The van der Waals surface area contributed by atoms with Gasteiger partial charge in [-0.2, -0.15) is 10.2 Å². The second kappa shape index (κ2) is 7.11. The Balaban J connectivity index is 2.09. The van der Waals surface area contributed by atoms with Crippen LogP contribution in [0.25, 0.3) is 5.69 Å². The lowest BCUT2D eigenvalue weighted by Crippen LogP contribution is -2.42. The second-order valence-electron chi connectivity index (χ2n) is 6.44. The first kappa shape index (κ1) is 17.8. The number of halogens is 1. The van der Waals surface area contributed by atoms with Gasteiger partial charge in [0.15, 0.2) is 0 Å². The number of amides is 1. The molecule has 0 saturated carbocycles. The third-order valence-corrected chi connectivity index (χ3v) is 4.75. The molecule has 136 valence electrons. The maximum absolute atomic E-state index is 13.5. The molecule has 3 rings (SSSR count). The molecular weight excluding hydrogens is 333 g/mol. The number of nitrogens with zero attached hydrogens (tertiary/aromatic N) is 3. The first-order valence-corrected chi connectivity index (χ1v) is 8.61. The van der Waals surface area contributed by atoms with Crippen molar-refractivity contribution in [3.8, 4) is 5.69 Å². The van der Waals surface area contributed by atoms with Gasteiger partial charge in [-0.1, -0.05) is 19.8 Å². The van der Waals surface area contributed by atoms with Crippen molar-refractivity contribution in [1.82, 2.24) is 20.0 Å². The summed E-state index contributed by atoms with van der Waals surface area (Å²) in [4.78, 5) is 12.6. The first-order chi connectivity index (χ1) is 12.5. The highest BCUT2D eigenvalue weighted by atomic mass is 19.1. The fourth-order valence-corrected chi connectivity index (χ4v) is 3.21. The van der Waals surface area contributed by atoms with Gasteiger partial charge in [-0.05, 0) is 43.2 Å². The number of hydrogen-bond donors (Lipinski definition) is 2. The van der Waals surface area contributed by atoms with Gasteiger partial charge in [0, 0.05) is 18.0 Å². The van der Waals surface area contributed by atoms with E-state index in [0.29, 0.717) is 28.9 Å². The van der Waals surface area contributed by atoms with Gasteiger partial charge < -0.3 is 5.73 Å². The van der Waals surface area contributed by atoms with E-state index in [1.54, 1.807) is 48.4 Å². The smallest absolute Gasteiger partial charge is 0.234 e. The topological polar surface area (TPSA) is 89.6 Å². The Morgan fingerprint density at radius 1 is 1.38 bits per heavy atom. The van der Waals surface area contributed by atoms with Crippen LogP contribution < -0.4 is 5.73 Å². The number of unbranched alkanes of at least 4 members (excludes halogenated alkanes) is 1. The molecule has 2 aromatic heterocycles. The van der Waals surface area contributed by atoms with E-state index in [1.807, 2.05) is 0 Å². The molecule has 0 aliphatic heterocycles. The lowest BCUT2D eigenvalue weighted by molar-refractivity contribution is -0.122. The zero-order valence-electron chi connectivity index (χ0n) is 14.9. The minimum atomic E-state index is -1.05. The van der Waals surface area contributed by atoms with Crippen LogP contribution in [0.2, 0.25) is 0 Å². The molecule has 6 nitrogen and oxygen atoms in total. The second-order valence-corrected chi connectivity index (χ2v) is 6.44. The minimum Gasteiger partial charge on any atom is -0.369 e. The average molecular weight is 355 g/mol. The molecule has 0 spiro atoms. The van der Waals surface area contributed by atoms with Crippen molar-refractivity contribution in [2.24, 2.45) is 5.73 Å². The molecule has 1 atom stereocenters. The van der Waals surface area contributed by atoms with Crippen LogP contribution in [0.15, 0.2) is 42.9 Å². The summed E-state index contributed by atoms with van der Waals surface area (Å²) in [5.74, 6) is -0.736. The number of rotatable bonds is 7. The molecule has 1 amide bonds. The number of aryl methyl sites for hydroxylation is 1. The molecule has 0 fully saturated rings. The Morgan fingerprint density at radius 3 is 2.81 bits per heavy atom. The maximum Gasteiger partial charge on any atom is 0.234 e. The van der Waals surface area contributed by atoms with Crippen LogP contribution in [-0.4, -0.2) is 25.9 Å². The Labute approximate surface area is 151 Å². The molecule has 0 aliphatic rings. The quantitative estimate of drug-likeness (QED) is 0.683. The molecule has 0 saturated heterocycles. The number of carbonyl (C=O) groups excluding carboxylic acids is 1. The Kier molecular flexibility index (Phi) is 4.88. The fourth-order valence-electron chi connectivity index (χ4n) is 3.21. The van der Waals surface area contributed by atoms with Crippen LogP contribution in [0.1, 0.15) is 43.0 Å². The molecule has 2 heterocycles. The standard InChI is InChI=1S/C19H22FN5O/c1-3-4-8-19(18(21)26,17-7-9-22-24-17)14-11-23-25(12-14)15-5-6-16(20)13(2)10-15/h5-7,9-12H,3-4,8H2,1-2H3,(H2,21,26)(H,22,24). The van der Waals surface area contributed by atoms with Gasteiger partial charge in [0.05, 0.1) is 17.6 Å². The Bertz CT molecular complexity index is 903. The highest BCUT2D eigenvalue weighted by Gasteiger charge is 2.43. The third kappa shape index (κ3) is 3.00. The van der Waals surface area contributed by atoms with E-state index >= 15 is 0 Å². The van der Waals surface area contributed by atoms with E-state index in [2.05, 4.69) is 22.2 Å². The van der Waals surface area contributed by atoms with Crippen molar-refractivity contribution in [2.75, 3.05) is 0 Å². The molecule has 7 heteroatoms. The molecule has 26 heavy (non-hydrogen) atoms. The van der Waals surface area contributed by atoms with Gasteiger partial charge in [-0.25, -0.2) is 9.07 Å². The molecule has 0 aliphatic carbocycles. The number of aromatic nitrogens is 4. The zero-order valence-corrected chi connectivity index (χ0v) is 14.9. The lowest BCUT2D eigenvalue weighted by atomic mass is 9.74. The Morgan fingerprint density at radius 2 is 2.19 bits per heavy atom. The summed E-state index contributed by atoms with van der Waals surface area (Å²) in [6, 6.07) is 6.52. The summed E-state index contributed by atoms with van der Waals surface area (Å²) < 4.78 is 15.2. The average Bonchev–Trinajstić information content (AvgIpc) is 3.30. The number of carbonyl (C=O) groups is 1. The fraction of sp³-hybridized carbons (Fsp3) is 0.316. The predicted molar refractivity (Wildman–Crippen MR) is 96.3 cm³/mol. The van der Waals surface area contributed by atoms with E-state index in [-0.39, 0.29) is 5.82 Å². The van der Waals surface area contributed by atoms with Crippen LogP contribution in [0.5, 0.6) is 0 Å². The molecule has 1 aromatic carbocycles. The number of nitrogens with one attached hydrogen (secondary N) is 1. The number of H-pyrrole nitrogens is 1. The van der Waals surface area contributed by atoms with Crippen molar-refractivity contribution in [2.45, 2.75) is 38.5 Å². The van der Waals surface area contributed by atoms with Gasteiger partial charge >= 0.3 is 0 Å². The summed E-state index contributed by atoms with van der Waals surface area (Å²) >= 11 is 0. The van der Waals surface area contributed by atoms with Gasteiger partial charge in [0.2, 0.25) is 5.91 Å². The van der Waals surface area contributed by atoms with E-state index in [4.69, 9.17) is 5.73 Å². The largest absolute Gasteiger partial charge is 0.369 e. The molecule has 3 N–H and O–H groups in total. The first-order valence-electron chi connectivity index (χ1n) is 8.61. The summed E-state index contributed by atoms with van der Waals surface area (Å²) in [7, 11) is 0. The molecular formula is C19H22FN5O. The maximum atomic E-state index is 13.5. The van der Waals surface area contributed by atoms with Gasteiger partial charge in [0.1, 0.15) is 11.2 Å². The predicted octanol–water partition coefficient (Wildman–Crippen LogP) is 3.00. The molecule has 1 unspecified atom stereocenters. The van der Waals surface area contributed by atoms with Crippen molar-refractivity contribution < 1.29 is 9.18 Å². The molecule has 3 aromatic rings. The van der Waals surface area contributed by atoms with Crippen molar-refractivity contribution in [3.63, 3.8) is 0 Å². The summed E-state index contributed by atoms with van der Waals surface area (Å²) in [6.45, 7) is 3.75. The monoisotopic (exact) mass is 355 g/mol. The minimum absolute atomic E-state index is 0.271. The van der Waals surface area contributed by atoms with Crippen molar-refractivity contribution in [3.05, 3.63) is 65.5 Å². The molecule has 0 radical (unpaired) electrons. The van der Waals surface area contributed by atoms with Crippen molar-refractivity contribution in [1.29, 1.82) is 0 Å². The van der Waals surface area contributed by atoms with Crippen molar-refractivity contribution >= 4 is 5.91 Å². The van der Waals surface area contributed by atoms with Crippen LogP contribution in [0.3, 0.4) is 0 Å². The van der Waals surface area contributed by atoms with E-state index in [9.17, 15) is 9.18 Å². The summed E-state index contributed by atoms with van der Waals surface area (Å²) in [5.41, 5.74) is 7.29. The van der Waals surface area contributed by atoms with Crippen LogP contribution in [0.4, 0.5) is 4.39 Å². The van der Waals surface area contributed by atoms with E-state index < -0.39 is 11.3 Å². The van der Waals surface area contributed by atoms with E-state index in [0.717, 1.165) is 12.8 Å². The normalized spacial score (nSPS) is 13.5. The number of nitrogens with two attached hydrogens (primary N) is 1. The highest BCUT2D eigenvalue weighted by Crippen LogP contribution is 2.36. The van der Waals surface area contributed by atoms with Crippen LogP contribution in [0, 0.1) is 12.7 Å². The van der Waals surface area contributed by atoms with E-state index in [1.165, 1.54) is 6.07 Å². The third-order valence-electron chi connectivity index (χ3n) is 4.75. The van der Waals surface area contributed by atoms with Crippen LogP contribution >= 0.6 is 0 Å². The zero-order chi connectivity index (χ0) is 18.7. The van der Waals surface area contributed by atoms with Gasteiger partial charge in [-0.15, -0.1) is 0 Å². The number of benzene rings is 1. The SMILES string of the molecule is CCCCC(C(N)=O)(c1cnn(-c2ccc(F)c(C)c2)c1)c1cc[nH]n1. The number of hydrogen-bond acceptors (Lipinski definition) is 3. The Hall–Kier alpha value is -2.96. The highest BCUT2D eigenvalue weighted by molar-refractivity contribution is 5.90. The summed E-state index contributed by atoms with van der Waals surface area (Å²) in [5, 5.41) is 11.4. The van der Waals surface area contributed by atoms with Crippen LogP contribution in [-0.2, 0) is 10.2 Å². The molecule has 0 bridgehead atoms. The lowest BCUT2D eigenvalue weighted by Gasteiger charge is -2.27. The number of aromatic amines is 1. The van der Waals surface area contributed by atoms with Gasteiger partial charge in [0.25, 0.3) is 0 Å².